The molecule has 6 nitrogen and oxygen atoms in total. The first-order valence-corrected chi connectivity index (χ1v) is 6.48. The van der Waals surface area contributed by atoms with Crippen molar-refractivity contribution in [1.82, 2.24) is 15.2 Å². The molecule has 2 rings (SSSR count). The van der Waals surface area contributed by atoms with E-state index >= 15 is 0 Å². The molecule has 1 aromatic carbocycles. The van der Waals surface area contributed by atoms with Gasteiger partial charge in [0.2, 0.25) is 0 Å². The Morgan fingerprint density at radius 3 is 2.64 bits per heavy atom. The number of aryl methyl sites for hydroxylation is 1. The Kier molecular flexibility index (Phi) is 4.59. The molecule has 0 atom stereocenters. The molecule has 0 aliphatic rings. The van der Waals surface area contributed by atoms with E-state index in [4.69, 9.17) is 4.74 Å². The molecule has 8 heteroatoms. The Bertz CT molecular complexity index is 685. The standard InChI is InChI=1S/C14H16F2N4O2/c1-8-4-5-11(22-3)9(2)12(8)17-18-13(21)10-6-7-20(19-10)14(15)16/h4-7,14,17H,1-3H3,(H,18,21). The quantitative estimate of drug-likeness (QED) is 0.833. The molecule has 0 fully saturated rings. The lowest BCUT2D eigenvalue weighted by Crippen LogP contribution is -2.30. The van der Waals surface area contributed by atoms with Gasteiger partial charge >= 0.3 is 6.55 Å². The number of nitrogens with zero attached hydrogens (tertiary/aromatic N) is 2. The van der Waals surface area contributed by atoms with Crippen molar-refractivity contribution in [2.45, 2.75) is 20.4 Å². The molecule has 118 valence electrons. The maximum atomic E-state index is 12.4. The first kappa shape index (κ1) is 15.7. The van der Waals surface area contributed by atoms with Crippen molar-refractivity contribution in [2.75, 3.05) is 12.5 Å². The van der Waals surface area contributed by atoms with Crippen LogP contribution in [0.25, 0.3) is 0 Å². The number of amides is 1. The zero-order chi connectivity index (χ0) is 16.3. The van der Waals surface area contributed by atoms with Crippen molar-refractivity contribution >= 4 is 11.6 Å². The largest absolute Gasteiger partial charge is 0.496 e. The Balaban J connectivity index is 2.11. The van der Waals surface area contributed by atoms with E-state index in [2.05, 4.69) is 16.0 Å². The number of methoxy groups -OCH3 is 1. The van der Waals surface area contributed by atoms with Crippen LogP contribution in [0.4, 0.5) is 14.5 Å². The molecule has 0 radical (unpaired) electrons. The molecule has 0 bridgehead atoms. The van der Waals surface area contributed by atoms with E-state index in [-0.39, 0.29) is 5.69 Å². The number of hydrazine groups is 1. The van der Waals surface area contributed by atoms with Crippen LogP contribution in [0.2, 0.25) is 0 Å². The normalized spacial score (nSPS) is 10.6. The summed E-state index contributed by atoms with van der Waals surface area (Å²) in [4.78, 5) is 11.9. The number of carbonyl (C=O) groups excluding carboxylic acids is 1. The first-order valence-electron chi connectivity index (χ1n) is 6.48. The van der Waals surface area contributed by atoms with Gasteiger partial charge in [-0.2, -0.15) is 13.9 Å². The van der Waals surface area contributed by atoms with E-state index < -0.39 is 12.5 Å². The molecular weight excluding hydrogens is 294 g/mol. The van der Waals surface area contributed by atoms with Crippen molar-refractivity contribution in [1.29, 1.82) is 0 Å². The van der Waals surface area contributed by atoms with Crippen molar-refractivity contribution < 1.29 is 18.3 Å². The predicted octanol–water partition coefficient (Wildman–Crippen LogP) is 2.66. The van der Waals surface area contributed by atoms with Crippen LogP contribution in [0.1, 0.15) is 28.2 Å². The van der Waals surface area contributed by atoms with Gasteiger partial charge in [-0.1, -0.05) is 6.07 Å². The van der Waals surface area contributed by atoms with Crippen LogP contribution >= 0.6 is 0 Å². The van der Waals surface area contributed by atoms with E-state index in [1.165, 1.54) is 6.07 Å². The maximum absolute atomic E-state index is 12.4. The molecule has 22 heavy (non-hydrogen) atoms. The van der Waals surface area contributed by atoms with Gasteiger partial charge in [0, 0.05) is 11.8 Å². The molecule has 0 spiro atoms. The van der Waals surface area contributed by atoms with E-state index in [0.717, 1.165) is 17.3 Å². The average Bonchev–Trinajstić information content (AvgIpc) is 2.97. The lowest BCUT2D eigenvalue weighted by Gasteiger charge is -2.15. The minimum Gasteiger partial charge on any atom is -0.496 e. The molecule has 1 amide bonds. The number of hydrogen-bond acceptors (Lipinski definition) is 4. The third kappa shape index (κ3) is 3.16. The fraction of sp³-hybridized carbons (Fsp3) is 0.286. The van der Waals surface area contributed by atoms with E-state index in [1.807, 2.05) is 26.0 Å². The van der Waals surface area contributed by atoms with Gasteiger partial charge in [-0.3, -0.25) is 15.6 Å². The number of rotatable bonds is 5. The average molecular weight is 310 g/mol. The highest BCUT2D eigenvalue weighted by atomic mass is 19.3. The van der Waals surface area contributed by atoms with Crippen LogP contribution in [-0.2, 0) is 0 Å². The molecule has 0 aliphatic carbocycles. The zero-order valence-electron chi connectivity index (χ0n) is 12.4. The van der Waals surface area contributed by atoms with E-state index in [9.17, 15) is 13.6 Å². The topological polar surface area (TPSA) is 68.2 Å². The van der Waals surface area contributed by atoms with Crippen LogP contribution in [0, 0.1) is 13.8 Å². The number of benzene rings is 1. The highest BCUT2D eigenvalue weighted by molar-refractivity contribution is 5.93. The van der Waals surface area contributed by atoms with Gasteiger partial charge in [-0.05, 0) is 31.5 Å². The summed E-state index contributed by atoms with van der Waals surface area (Å²) in [5, 5.41) is 3.49. The highest BCUT2D eigenvalue weighted by Gasteiger charge is 2.14. The summed E-state index contributed by atoms with van der Waals surface area (Å²) >= 11 is 0. The summed E-state index contributed by atoms with van der Waals surface area (Å²) in [6, 6.07) is 4.88. The van der Waals surface area contributed by atoms with Crippen molar-refractivity contribution in [3.8, 4) is 5.75 Å². The molecule has 1 heterocycles. The molecule has 0 saturated carbocycles. The van der Waals surface area contributed by atoms with Gasteiger partial charge in [0.05, 0.1) is 12.8 Å². The first-order chi connectivity index (χ1) is 10.4. The Morgan fingerprint density at radius 2 is 2.05 bits per heavy atom. The van der Waals surface area contributed by atoms with Crippen LogP contribution < -0.4 is 15.6 Å². The Labute approximate surface area is 126 Å². The van der Waals surface area contributed by atoms with E-state index in [0.29, 0.717) is 16.1 Å². The predicted molar refractivity (Wildman–Crippen MR) is 77.0 cm³/mol. The molecule has 0 aliphatic heterocycles. The second-order valence-corrected chi connectivity index (χ2v) is 4.62. The number of alkyl halides is 2. The smallest absolute Gasteiger partial charge is 0.333 e. The second kappa shape index (κ2) is 6.42. The maximum Gasteiger partial charge on any atom is 0.333 e. The number of nitrogens with one attached hydrogen (secondary N) is 2. The lowest BCUT2D eigenvalue weighted by atomic mass is 10.1. The third-order valence-electron chi connectivity index (χ3n) is 3.19. The van der Waals surface area contributed by atoms with Crippen LogP contribution in [0.3, 0.4) is 0 Å². The molecule has 1 aromatic heterocycles. The summed E-state index contributed by atoms with van der Waals surface area (Å²) in [7, 11) is 1.55. The van der Waals surface area contributed by atoms with Crippen LogP contribution in [0.15, 0.2) is 24.4 Å². The monoisotopic (exact) mass is 310 g/mol. The number of hydrogen-bond donors (Lipinski definition) is 2. The van der Waals surface area contributed by atoms with Gasteiger partial charge in [0.1, 0.15) is 5.75 Å². The molecule has 2 aromatic rings. The zero-order valence-corrected chi connectivity index (χ0v) is 12.4. The summed E-state index contributed by atoms with van der Waals surface area (Å²) in [6.07, 6.45) is 1.04. The summed E-state index contributed by atoms with van der Waals surface area (Å²) in [5.41, 5.74) is 7.51. The second-order valence-electron chi connectivity index (χ2n) is 4.62. The fourth-order valence-electron chi connectivity index (χ4n) is 1.99. The summed E-state index contributed by atoms with van der Waals surface area (Å²) in [5.74, 6) is 0.0605. The summed E-state index contributed by atoms with van der Waals surface area (Å²) in [6.45, 7) is 0.926. The van der Waals surface area contributed by atoms with Crippen molar-refractivity contribution in [2.24, 2.45) is 0 Å². The van der Waals surface area contributed by atoms with Gasteiger partial charge in [-0.15, -0.1) is 0 Å². The highest BCUT2D eigenvalue weighted by Crippen LogP contribution is 2.28. The number of carbonyl (C=O) groups is 1. The SMILES string of the molecule is COc1ccc(C)c(NNC(=O)c2ccn(C(F)F)n2)c1C. The van der Waals surface area contributed by atoms with Gasteiger partial charge < -0.3 is 4.74 Å². The fourth-order valence-corrected chi connectivity index (χ4v) is 1.99. The van der Waals surface area contributed by atoms with Crippen molar-refractivity contribution in [3.05, 3.63) is 41.2 Å². The molecule has 2 N–H and O–H groups in total. The van der Waals surface area contributed by atoms with Crippen molar-refractivity contribution in [3.63, 3.8) is 0 Å². The Morgan fingerprint density at radius 1 is 1.32 bits per heavy atom. The van der Waals surface area contributed by atoms with Crippen LogP contribution in [-0.4, -0.2) is 22.8 Å². The minimum atomic E-state index is -2.78. The van der Waals surface area contributed by atoms with Gasteiger partial charge in [0.15, 0.2) is 5.69 Å². The third-order valence-corrected chi connectivity index (χ3v) is 3.19. The van der Waals surface area contributed by atoms with Gasteiger partial charge in [-0.25, -0.2) is 4.68 Å². The summed E-state index contributed by atoms with van der Waals surface area (Å²) < 4.78 is 30.5. The minimum absolute atomic E-state index is 0.106. The Hall–Kier alpha value is -2.64. The number of anilines is 1. The lowest BCUT2D eigenvalue weighted by molar-refractivity contribution is 0.0560. The van der Waals surface area contributed by atoms with Crippen LogP contribution in [0.5, 0.6) is 5.75 Å². The molecule has 0 saturated heterocycles. The molecular formula is C14H16F2N4O2. The van der Waals surface area contributed by atoms with E-state index in [1.54, 1.807) is 7.11 Å². The number of halogens is 2. The van der Waals surface area contributed by atoms with Gasteiger partial charge in [0.25, 0.3) is 5.91 Å². The molecule has 0 unspecified atom stereocenters. The number of ether oxygens (including phenoxy) is 1. The number of aromatic nitrogens is 2.